The van der Waals surface area contributed by atoms with Gasteiger partial charge in [-0.05, 0) is 215 Å². The maximum atomic E-state index is 13.7. The van der Waals surface area contributed by atoms with Crippen LogP contribution in [0.5, 0.6) is 0 Å². The van der Waals surface area contributed by atoms with Crippen molar-refractivity contribution in [3.8, 4) is 159 Å². The largest absolute Gasteiger partial charge is 0.417 e. The number of aryl methyl sites for hydroxylation is 7. The highest BCUT2D eigenvalue weighted by atomic mass is 19.4. The summed E-state index contributed by atoms with van der Waals surface area (Å²) in [6.07, 6.45) is 9.45. The van der Waals surface area contributed by atoms with Crippen molar-refractivity contribution in [3.05, 3.63) is 367 Å². The van der Waals surface area contributed by atoms with E-state index in [1.807, 2.05) is 176 Å². The first-order chi connectivity index (χ1) is 62.9. The molecular formula is C99H75F6N19O6. The van der Waals surface area contributed by atoms with Crippen LogP contribution < -0.4 is 5.73 Å². The van der Waals surface area contributed by atoms with E-state index in [1.54, 1.807) is 159 Å². The molecule has 31 heteroatoms. The average Bonchev–Trinajstić information content (AvgIpc) is 1.19. The third-order valence-corrected chi connectivity index (χ3v) is 19.3. The first-order valence-corrected chi connectivity index (χ1v) is 40.1. The maximum Gasteiger partial charge on any atom is 0.417 e. The summed E-state index contributed by atoms with van der Waals surface area (Å²) in [5, 5.41) is 23.7. The fraction of sp³-hybridized carbons (Fsp3) is 0.0909. The standard InChI is InChI=1S/C21H14F3N3O.C20H12F3N3O.2C15H13N3O.C14H12N4O.C14H11N3O/c1-13-9-16(12-25-11-13)19-26-20(28-27-19)15-7-8-17(14-5-3-2-4-6-14)18(10-15)21(22,23)24;21-20(22,23)17-11-14(8-9-16(17)13-5-2-1-3-6-13)19-25-18(26-27-19)15-7-4-10-24-12-15;1-10-4-3-5-12(6-10)15-17-14(18-19-15)13-7-11(2)8-16-9-13;1-10-4-3-5-12(8-10)15-17-14(18-19-15)13-6-7-16-9-11(13)2;1-9-3-2-4-11(7-9)14-17-13(18-19-14)10-5-6-16-12(15)8-10;1-10-4-2-5-11(8-10)14-16-13(17-18-14)12-6-3-7-15-9-12/h2-12H,1H3;1-12H;2*3-9H,1-2H3;2-8H,1H3,(H2,15,16);2-9H,1H3. The van der Waals surface area contributed by atoms with Gasteiger partial charge >= 0.3 is 12.4 Å². The predicted octanol–water partition coefficient (Wildman–Crippen LogP) is 23.9. The predicted molar refractivity (Wildman–Crippen MR) is 476 cm³/mol. The molecule has 0 radical (unpaired) electrons. The second kappa shape index (κ2) is 40.2. The van der Waals surface area contributed by atoms with Gasteiger partial charge in [0.2, 0.25) is 34.9 Å². The zero-order chi connectivity index (χ0) is 90.7. The topological polar surface area (TPSA) is 337 Å². The monoisotopic (exact) mass is 1740 g/mol. The number of nitrogens with zero attached hydrogens (tertiary/aromatic N) is 18. The molecule has 0 saturated carbocycles. The number of pyridine rings is 6. The van der Waals surface area contributed by atoms with Gasteiger partial charge in [-0.3, -0.25) is 24.9 Å². The van der Waals surface area contributed by atoms with Crippen LogP contribution in [0.2, 0.25) is 0 Å². The molecular weight excluding hydrogens is 1670 g/mol. The van der Waals surface area contributed by atoms with Crippen LogP contribution in [0, 0.1) is 48.5 Å². The van der Waals surface area contributed by atoms with E-state index in [0.717, 1.165) is 95.6 Å². The summed E-state index contributed by atoms with van der Waals surface area (Å²) in [5.41, 5.74) is 21.7. The summed E-state index contributed by atoms with van der Waals surface area (Å²) in [4.78, 5) is 50.2. The summed E-state index contributed by atoms with van der Waals surface area (Å²) in [6, 6.07) is 73.1. The molecule has 0 aliphatic heterocycles. The minimum Gasteiger partial charge on any atom is -0.384 e. The van der Waals surface area contributed by atoms with Gasteiger partial charge in [0.25, 0.3) is 35.3 Å². The maximum absolute atomic E-state index is 13.7. The van der Waals surface area contributed by atoms with Gasteiger partial charge in [-0.1, -0.05) is 175 Å². The summed E-state index contributed by atoms with van der Waals surface area (Å²) < 4.78 is 113. The molecule has 0 spiro atoms. The molecule has 0 bridgehead atoms. The van der Waals surface area contributed by atoms with E-state index in [-0.39, 0.29) is 45.7 Å². The third-order valence-electron chi connectivity index (χ3n) is 19.3. The van der Waals surface area contributed by atoms with Gasteiger partial charge in [-0.15, -0.1) is 0 Å². The molecule has 0 aliphatic carbocycles. The summed E-state index contributed by atoms with van der Waals surface area (Å²) in [6.45, 7) is 13.9. The Kier molecular flexibility index (Phi) is 27.2. The van der Waals surface area contributed by atoms with Crippen LogP contribution in [0.4, 0.5) is 32.2 Å². The molecule has 0 aliphatic rings. The van der Waals surface area contributed by atoms with Crippen LogP contribution in [-0.4, -0.2) is 90.7 Å². The van der Waals surface area contributed by atoms with Crippen LogP contribution in [-0.2, 0) is 12.4 Å². The second-order valence-electron chi connectivity index (χ2n) is 29.4. The number of nitrogen functional groups attached to an aromatic ring is 1. The number of rotatable bonds is 14. The van der Waals surface area contributed by atoms with Gasteiger partial charge < -0.3 is 32.9 Å². The number of benzene rings is 8. The Balaban J connectivity index is 0.000000121. The van der Waals surface area contributed by atoms with Gasteiger partial charge in [0, 0.05) is 135 Å². The molecule has 12 heterocycles. The Morgan fingerprint density at radius 2 is 0.546 bits per heavy atom. The first-order valence-electron chi connectivity index (χ1n) is 40.1. The molecule has 0 fully saturated rings. The lowest BCUT2D eigenvalue weighted by molar-refractivity contribution is -0.137. The Hall–Kier alpha value is -17.1. The van der Waals surface area contributed by atoms with Gasteiger partial charge in [-0.25, -0.2) is 4.98 Å². The molecule has 20 aromatic rings. The number of nitrogens with two attached hydrogens (primary N) is 1. The zero-order valence-electron chi connectivity index (χ0n) is 70.4. The fourth-order valence-electron chi connectivity index (χ4n) is 13.1. The quantitative estimate of drug-likeness (QED) is 0.0988. The highest BCUT2D eigenvalue weighted by molar-refractivity contribution is 5.75. The number of hydrogen-bond donors (Lipinski definition) is 1. The molecule has 8 aromatic carbocycles. The van der Waals surface area contributed by atoms with Crippen molar-refractivity contribution < 1.29 is 53.5 Å². The molecule has 20 rings (SSSR count). The van der Waals surface area contributed by atoms with Crippen molar-refractivity contribution in [2.45, 2.75) is 60.8 Å². The van der Waals surface area contributed by atoms with Crippen LogP contribution >= 0.6 is 0 Å². The van der Waals surface area contributed by atoms with E-state index in [1.165, 1.54) is 18.2 Å². The smallest absolute Gasteiger partial charge is 0.384 e. The van der Waals surface area contributed by atoms with Gasteiger partial charge in [0.05, 0.1) is 11.1 Å². The summed E-state index contributed by atoms with van der Waals surface area (Å²) in [7, 11) is 0. The first kappa shape index (κ1) is 87.8. The summed E-state index contributed by atoms with van der Waals surface area (Å²) >= 11 is 0. The molecule has 0 amide bonds. The van der Waals surface area contributed by atoms with E-state index < -0.39 is 23.5 Å². The van der Waals surface area contributed by atoms with Gasteiger partial charge in [0.15, 0.2) is 0 Å². The molecule has 644 valence electrons. The normalized spacial score (nSPS) is 11.0. The minimum absolute atomic E-state index is 0.0129. The Morgan fingerprint density at radius 3 is 0.885 bits per heavy atom. The van der Waals surface area contributed by atoms with E-state index in [9.17, 15) is 26.3 Å². The molecule has 0 unspecified atom stereocenters. The molecule has 130 heavy (non-hydrogen) atoms. The lowest BCUT2D eigenvalue weighted by atomic mass is 9.97. The van der Waals surface area contributed by atoms with Crippen molar-refractivity contribution in [1.29, 1.82) is 0 Å². The molecule has 2 N–H and O–H groups in total. The highest BCUT2D eigenvalue weighted by Gasteiger charge is 2.36. The number of halogens is 6. The minimum atomic E-state index is -4.52. The van der Waals surface area contributed by atoms with Crippen molar-refractivity contribution in [2.24, 2.45) is 0 Å². The van der Waals surface area contributed by atoms with E-state index in [4.69, 9.17) is 32.9 Å². The number of anilines is 1. The third kappa shape index (κ3) is 22.5. The molecule has 12 aromatic heterocycles. The Bertz CT molecular complexity index is 6940. The van der Waals surface area contributed by atoms with E-state index in [2.05, 4.69) is 90.7 Å². The fourth-order valence-corrected chi connectivity index (χ4v) is 13.1. The number of alkyl halides is 6. The van der Waals surface area contributed by atoms with Crippen molar-refractivity contribution in [2.75, 3.05) is 5.73 Å². The van der Waals surface area contributed by atoms with E-state index in [0.29, 0.717) is 74.9 Å². The van der Waals surface area contributed by atoms with Gasteiger partial charge in [-0.2, -0.15) is 56.2 Å². The Morgan fingerprint density at radius 1 is 0.231 bits per heavy atom. The van der Waals surface area contributed by atoms with Gasteiger partial charge in [0.1, 0.15) is 5.82 Å². The molecule has 25 nitrogen and oxygen atoms in total. The second-order valence-corrected chi connectivity index (χ2v) is 29.4. The van der Waals surface area contributed by atoms with Crippen LogP contribution in [0.15, 0.2) is 344 Å². The lowest BCUT2D eigenvalue weighted by Gasteiger charge is -2.14. The number of hydrogen-bond acceptors (Lipinski definition) is 25. The SMILES string of the molecule is Cc1cccc(-c2nc(-c3cccnc3)no2)c1.Cc1cccc(-c2nc(-c3ccnc(N)c3)no2)c1.Cc1cccc(-c2nc(-c3ccncc3C)no2)c1.Cc1cncc(-c2noc(-c3ccc(-c4ccccc4)c(C(F)(F)F)c3)n2)c1.Cc1cncc(-c2noc(-c3cccc(C)c3)n2)c1.FC(F)(F)c1cc(-c2nc(-c3cccnc3)no2)ccc1-c1ccccc1. The van der Waals surface area contributed by atoms with Crippen LogP contribution in [0.1, 0.15) is 50.1 Å². The summed E-state index contributed by atoms with van der Waals surface area (Å²) in [5.74, 6) is 5.29. The van der Waals surface area contributed by atoms with E-state index >= 15 is 0 Å². The van der Waals surface area contributed by atoms with Crippen LogP contribution in [0.3, 0.4) is 0 Å². The lowest BCUT2D eigenvalue weighted by Crippen LogP contribution is -2.07. The number of aromatic nitrogens is 18. The molecule has 0 saturated heterocycles. The van der Waals surface area contributed by atoms with Crippen molar-refractivity contribution in [1.82, 2.24) is 90.7 Å². The zero-order valence-corrected chi connectivity index (χ0v) is 70.4. The Labute approximate surface area is 739 Å². The van der Waals surface area contributed by atoms with Crippen molar-refractivity contribution in [3.63, 3.8) is 0 Å². The average molecular weight is 1740 g/mol. The molecule has 0 atom stereocenters. The highest BCUT2D eigenvalue weighted by Crippen LogP contribution is 2.42. The van der Waals surface area contributed by atoms with Crippen LogP contribution in [0.25, 0.3) is 159 Å². The van der Waals surface area contributed by atoms with Crippen molar-refractivity contribution >= 4 is 5.82 Å².